The highest BCUT2D eigenvalue weighted by Crippen LogP contribution is 2.13. The molecule has 0 unspecified atom stereocenters. The summed E-state index contributed by atoms with van der Waals surface area (Å²) in [6.07, 6.45) is 17.8. The van der Waals surface area contributed by atoms with Crippen LogP contribution in [-0.4, -0.2) is 38.1 Å². The summed E-state index contributed by atoms with van der Waals surface area (Å²) in [5.74, 6) is -1.10. The van der Waals surface area contributed by atoms with Crippen molar-refractivity contribution in [3.63, 3.8) is 0 Å². The molecule has 0 aliphatic rings. The van der Waals surface area contributed by atoms with Gasteiger partial charge in [0.25, 0.3) is 0 Å². The van der Waals surface area contributed by atoms with Crippen molar-refractivity contribution in [1.29, 1.82) is 0 Å². The van der Waals surface area contributed by atoms with Crippen molar-refractivity contribution < 1.29 is 33.4 Å². The molecule has 0 atom stereocenters. The summed E-state index contributed by atoms with van der Waals surface area (Å²) >= 11 is 0. The summed E-state index contributed by atoms with van der Waals surface area (Å²) in [7, 11) is 2.83. The lowest BCUT2D eigenvalue weighted by atomic mass is 10.1. The van der Waals surface area contributed by atoms with Gasteiger partial charge in [0.2, 0.25) is 0 Å². The van der Waals surface area contributed by atoms with E-state index in [1.807, 2.05) is 0 Å². The fraction of sp³-hybridized carbons (Fsp3) is 0.846. The van der Waals surface area contributed by atoms with Gasteiger partial charge in [0.15, 0.2) is 0 Å². The lowest BCUT2D eigenvalue weighted by Crippen LogP contribution is -2.11. The molecule has 0 aromatic rings. The number of rotatable bonds is 22. The average Bonchev–Trinajstić information content (AvgIpc) is 2.80. The van der Waals surface area contributed by atoms with Crippen LogP contribution in [0.15, 0.2) is 0 Å². The first-order valence-electron chi connectivity index (χ1n) is 12.9. The molecule has 0 saturated carbocycles. The van der Waals surface area contributed by atoms with Crippen molar-refractivity contribution in [3.8, 4) is 0 Å². The largest absolute Gasteiger partial charge is 0.469 e. The van der Waals surface area contributed by atoms with E-state index in [-0.39, 0.29) is 11.9 Å². The van der Waals surface area contributed by atoms with E-state index in [0.717, 1.165) is 103 Å². The maximum Gasteiger partial charge on any atom is 0.313 e. The molecule has 0 aliphatic heterocycles. The molecule has 0 heterocycles. The third-order valence-electron chi connectivity index (χ3n) is 5.71. The Labute approximate surface area is 200 Å². The van der Waals surface area contributed by atoms with Crippen molar-refractivity contribution in [2.24, 2.45) is 0 Å². The van der Waals surface area contributed by atoms with Gasteiger partial charge in [0.05, 0.1) is 14.2 Å². The Balaban J connectivity index is 3.37. The van der Waals surface area contributed by atoms with Crippen molar-refractivity contribution in [2.45, 2.75) is 128 Å². The molecular formula is C26H46O7. The van der Waals surface area contributed by atoms with Gasteiger partial charge < -0.3 is 14.2 Å². The third-order valence-corrected chi connectivity index (χ3v) is 5.71. The molecule has 192 valence electrons. The second kappa shape index (κ2) is 23.2. The Morgan fingerprint density at radius 2 is 0.576 bits per heavy atom. The van der Waals surface area contributed by atoms with Gasteiger partial charge in [0, 0.05) is 25.7 Å². The maximum absolute atomic E-state index is 11.8. The molecule has 0 amide bonds. The number of ether oxygens (including phenoxy) is 3. The highest BCUT2D eigenvalue weighted by atomic mass is 16.6. The molecule has 0 N–H and O–H groups in total. The summed E-state index contributed by atoms with van der Waals surface area (Å²) < 4.78 is 14.1. The first kappa shape index (κ1) is 31.1. The summed E-state index contributed by atoms with van der Waals surface area (Å²) in [6, 6.07) is 0. The monoisotopic (exact) mass is 470 g/mol. The van der Waals surface area contributed by atoms with E-state index in [1.165, 1.54) is 14.2 Å². The van der Waals surface area contributed by atoms with Crippen LogP contribution < -0.4 is 0 Å². The second-order valence-electron chi connectivity index (χ2n) is 8.66. The Bertz CT molecular complexity index is 485. The zero-order valence-electron chi connectivity index (χ0n) is 21.0. The number of hydrogen-bond acceptors (Lipinski definition) is 7. The van der Waals surface area contributed by atoms with Crippen LogP contribution >= 0.6 is 0 Å². The Morgan fingerprint density at radius 1 is 0.364 bits per heavy atom. The molecule has 7 nitrogen and oxygen atoms in total. The summed E-state index contributed by atoms with van der Waals surface area (Å²) in [6.45, 7) is 0. The molecule has 0 aliphatic carbocycles. The molecule has 0 aromatic heterocycles. The predicted octanol–water partition coefficient (Wildman–Crippen LogP) is 6.20. The van der Waals surface area contributed by atoms with Crippen LogP contribution in [0.5, 0.6) is 0 Å². The van der Waals surface area contributed by atoms with E-state index >= 15 is 0 Å². The van der Waals surface area contributed by atoms with E-state index in [4.69, 9.17) is 4.74 Å². The van der Waals surface area contributed by atoms with Gasteiger partial charge in [-0.2, -0.15) is 0 Å². The molecule has 0 fully saturated rings. The number of unbranched alkanes of at least 4 members (excludes halogenated alkanes) is 14. The van der Waals surface area contributed by atoms with Gasteiger partial charge in [-0.1, -0.05) is 77.0 Å². The molecule has 7 heteroatoms. The van der Waals surface area contributed by atoms with Gasteiger partial charge in [-0.15, -0.1) is 0 Å². The van der Waals surface area contributed by atoms with Crippen LogP contribution in [-0.2, 0) is 33.4 Å². The Hall–Kier alpha value is -1.92. The number of methoxy groups -OCH3 is 2. The second-order valence-corrected chi connectivity index (χ2v) is 8.66. The lowest BCUT2D eigenvalue weighted by molar-refractivity contribution is -0.159. The van der Waals surface area contributed by atoms with Crippen LogP contribution in [0, 0.1) is 0 Å². The van der Waals surface area contributed by atoms with E-state index in [1.54, 1.807) is 0 Å². The number of carbonyl (C=O) groups is 4. The molecular weight excluding hydrogens is 424 g/mol. The third kappa shape index (κ3) is 23.0. The topological polar surface area (TPSA) is 96.0 Å². The molecule has 0 saturated heterocycles. The van der Waals surface area contributed by atoms with Crippen LogP contribution in [0.2, 0.25) is 0 Å². The smallest absolute Gasteiger partial charge is 0.313 e. The van der Waals surface area contributed by atoms with Crippen molar-refractivity contribution in [1.82, 2.24) is 0 Å². The van der Waals surface area contributed by atoms with Gasteiger partial charge in [-0.3, -0.25) is 19.2 Å². The van der Waals surface area contributed by atoms with Crippen LogP contribution in [0.3, 0.4) is 0 Å². The normalized spacial score (nSPS) is 10.6. The highest BCUT2D eigenvalue weighted by Gasteiger charge is 2.10. The average molecular weight is 471 g/mol. The van der Waals surface area contributed by atoms with Crippen LogP contribution in [0.4, 0.5) is 0 Å². The lowest BCUT2D eigenvalue weighted by Gasteiger charge is -2.04. The molecule has 0 spiro atoms. The molecule has 33 heavy (non-hydrogen) atoms. The quantitative estimate of drug-likeness (QED) is 0.0803. The maximum atomic E-state index is 11.8. The van der Waals surface area contributed by atoms with Crippen LogP contribution in [0.1, 0.15) is 128 Å². The molecule has 0 bridgehead atoms. The zero-order valence-corrected chi connectivity index (χ0v) is 21.0. The van der Waals surface area contributed by atoms with E-state index in [2.05, 4.69) is 9.47 Å². The first-order chi connectivity index (χ1) is 16.0. The number of hydrogen-bond donors (Lipinski definition) is 0. The fourth-order valence-electron chi connectivity index (χ4n) is 3.63. The fourth-order valence-corrected chi connectivity index (χ4v) is 3.63. The zero-order chi connectivity index (χ0) is 24.6. The van der Waals surface area contributed by atoms with E-state index in [0.29, 0.717) is 25.7 Å². The van der Waals surface area contributed by atoms with Gasteiger partial charge in [0.1, 0.15) is 0 Å². The summed E-state index contributed by atoms with van der Waals surface area (Å²) in [5, 5.41) is 0. The minimum atomic E-state index is -0.408. The summed E-state index contributed by atoms with van der Waals surface area (Å²) in [4.78, 5) is 45.5. The van der Waals surface area contributed by atoms with Crippen molar-refractivity contribution in [2.75, 3.05) is 14.2 Å². The molecule has 0 radical (unpaired) electrons. The van der Waals surface area contributed by atoms with E-state index in [9.17, 15) is 19.2 Å². The van der Waals surface area contributed by atoms with Gasteiger partial charge in [-0.05, 0) is 25.7 Å². The van der Waals surface area contributed by atoms with Crippen molar-refractivity contribution >= 4 is 23.9 Å². The number of esters is 4. The Morgan fingerprint density at radius 3 is 0.818 bits per heavy atom. The minimum Gasteiger partial charge on any atom is -0.469 e. The Kier molecular flexibility index (Phi) is 21.9. The minimum absolute atomic E-state index is 0.142. The van der Waals surface area contributed by atoms with E-state index < -0.39 is 11.9 Å². The SMILES string of the molecule is COC(=O)CCCCCCCCCCC(=O)OC(=O)CCCCCCCCCCC(=O)OC. The predicted molar refractivity (Wildman–Crippen MR) is 127 cm³/mol. The van der Waals surface area contributed by atoms with Gasteiger partial charge >= 0.3 is 23.9 Å². The molecule has 0 rings (SSSR count). The van der Waals surface area contributed by atoms with Crippen molar-refractivity contribution in [3.05, 3.63) is 0 Å². The standard InChI is InChI=1S/C26H46O7/c1-31-23(27)19-15-11-7-3-5-9-13-17-21-25(29)33-26(30)22-18-14-10-6-4-8-12-16-20-24(28)32-2/h3-22H2,1-2H3. The number of carbonyl (C=O) groups excluding carboxylic acids is 4. The van der Waals surface area contributed by atoms with Gasteiger partial charge in [-0.25, -0.2) is 0 Å². The van der Waals surface area contributed by atoms with Crippen LogP contribution in [0.25, 0.3) is 0 Å². The highest BCUT2D eigenvalue weighted by molar-refractivity contribution is 5.85. The first-order valence-corrected chi connectivity index (χ1v) is 12.9. The summed E-state index contributed by atoms with van der Waals surface area (Å²) in [5.41, 5.74) is 0. The molecule has 0 aromatic carbocycles.